The molecule has 1 aromatic rings. The Morgan fingerprint density at radius 2 is 2.00 bits per heavy atom. The van der Waals surface area contributed by atoms with Crippen molar-refractivity contribution in [3.63, 3.8) is 0 Å². The van der Waals surface area contributed by atoms with Gasteiger partial charge in [0.25, 0.3) is 0 Å². The molecule has 2 aliphatic rings. The van der Waals surface area contributed by atoms with E-state index >= 15 is 0 Å². The maximum atomic E-state index is 11.9. The first-order chi connectivity index (χ1) is 11.3. The first-order valence-electron chi connectivity index (χ1n) is 8.52. The molecule has 2 fully saturated rings. The fourth-order valence-electron chi connectivity index (χ4n) is 3.16. The summed E-state index contributed by atoms with van der Waals surface area (Å²) in [4.78, 5) is 13.1. The van der Waals surface area contributed by atoms with Crippen LogP contribution in [0.3, 0.4) is 0 Å². The summed E-state index contributed by atoms with van der Waals surface area (Å²) in [5, 5.41) is 2.98. The number of carbonyl (C=O) groups is 1. The van der Waals surface area contributed by atoms with Gasteiger partial charge in [-0.2, -0.15) is 0 Å². The summed E-state index contributed by atoms with van der Waals surface area (Å²) < 4.78 is 12.0. The molecule has 1 heterocycles. The van der Waals surface area contributed by atoms with Gasteiger partial charge in [0.2, 0.25) is 5.91 Å². The molecule has 1 N–H and O–H groups in total. The Bertz CT molecular complexity index is 502. The van der Waals surface area contributed by atoms with E-state index in [1.807, 2.05) is 18.2 Å². The van der Waals surface area contributed by atoms with Gasteiger partial charge in [0.15, 0.2) is 5.79 Å². The number of ether oxygens (including phenoxy) is 2. The number of nitrogens with one attached hydrogen (secondary N) is 1. The standard InChI is InChI=1S/C18H25NO3S/c20-17(9-12-23-16-7-3-1-4-8-16)19-13-15-14-21-18(22-15)10-5-2-6-11-18/h1,3-4,7-8,15H,2,5-6,9-14H2,(H,19,20)/t15-/m1/s1. The SMILES string of the molecule is O=C(CCSc1ccccc1)NC[C@@H]1COC2(CCCCC2)O1. The Morgan fingerprint density at radius 1 is 1.22 bits per heavy atom. The molecule has 126 valence electrons. The summed E-state index contributed by atoms with van der Waals surface area (Å²) >= 11 is 1.71. The zero-order valence-corrected chi connectivity index (χ0v) is 14.3. The number of hydrogen-bond acceptors (Lipinski definition) is 4. The van der Waals surface area contributed by atoms with Gasteiger partial charge in [0, 0.05) is 36.5 Å². The number of hydrogen-bond donors (Lipinski definition) is 1. The first-order valence-corrected chi connectivity index (χ1v) is 9.51. The summed E-state index contributed by atoms with van der Waals surface area (Å²) in [5.74, 6) is 0.528. The van der Waals surface area contributed by atoms with Crippen molar-refractivity contribution >= 4 is 17.7 Å². The van der Waals surface area contributed by atoms with Crippen LogP contribution in [0.25, 0.3) is 0 Å². The summed E-state index contributed by atoms with van der Waals surface area (Å²) in [6.45, 7) is 1.15. The topological polar surface area (TPSA) is 47.6 Å². The molecular weight excluding hydrogens is 310 g/mol. The Labute approximate surface area is 142 Å². The van der Waals surface area contributed by atoms with E-state index in [0.717, 1.165) is 18.6 Å². The van der Waals surface area contributed by atoms with Gasteiger partial charge in [-0.15, -0.1) is 11.8 Å². The van der Waals surface area contributed by atoms with E-state index in [-0.39, 0.29) is 17.8 Å². The van der Waals surface area contributed by atoms with E-state index < -0.39 is 0 Å². The average Bonchev–Trinajstić information content (AvgIpc) is 2.97. The van der Waals surface area contributed by atoms with Crippen molar-refractivity contribution in [2.24, 2.45) is 0 Å². The van der Waals surface area contributed by atoms with Crippen molar-refractivity contribution in [1.82, 2.24) is 5.32 Å². The number of carbonyl (C=O) groups excluding carboxylic acids is 1. The van der Waals surface area contributed by atoms with E-state index in [1.54, 1.807) is 11.8 Å². The molecular formula is C18H25NO3S. The van der Waals surface area contributed by atoms with Crippen molar-refractivity contribution < 1.29 is 14.3 Å². The second kappa shape index (κ2) is 8.18. The third-order valence-electron chi connectivity index (χ3n) is 4.40. The zero-order valence-electron chi connectivity index (χ0n) is 13.5. The normalized spacial score (nSPS) is 23.0. The quantitative estimate of drug-likeness (QED) is 0.810. The molecule has 23 heavy (non-hydrogen) atoms. The van der Waals surface area contributed by atoms with Gasteiger partial charge in [-0.3, -0.25) is 4.79 Å². The molecule has 4 nitrogen and oxygen atoms in total. The molecule has 5 heteroatoms. The molecule has 3 rings (SSSR count). The Morgan fingerprint density at radius 3 is 2.78 bits per heavy atom. The van der Waals surface area contributed by atoms with Crippen molar-refractivity contribution in [1.29, 1.82) is 0 Å². The maximum Gasteiger partial charge on any atom is 0.220 e. The predicted octanol–water partition coefficient (Wildman–Crippen LogP) is 3.36. The Hall–Kier alpha value is -1.04. The lowest BCUT2D eigenvalue weighted by atomic mass is 9.94. The zero-order chi connectivity index (χ0) is 16.0. The highest BCUT2D eigenvalue weighted by atomic mass is 32.2. The third-order valence-corrected chi connectivity index (χ3v) is 5.41. The molecule has 1 aliphatic carbocycles. The van der Waals surface area contributed by atoms with E-state index in [1.165, 1.54) is 24.2 Å². The molecule has 1 aliphatic heterocycles. The minimum atomic E-state index is -0.350. The van der Waals surface area contributed by atoms with Crippen molar-refractivity contribution in [2.45, 2.75) is 55.3 Å². The van der Waals surface area contributed by atoms with Crippen molar-refractivity contribution in [3.8, 4) is 0 Å². The average molecular weight is 335 g/mol. The van der Waals surface area contributed by atoms with Crippen LogP contribution in [0.4, 0.5) is 0 Å². The van der Waals surface area contributed by atoms with Crippen LogP contribution >= 0.6 is 11.8 Å². The lowest BCUT2D eigenvalue weighted by Gasteiger charge is -2.31. The lowest BCUT2D eigenvalue weighted by Crippen LogP contribution is -2.37. The summed E-state index contributed by atoms with van der Waals surface area (Å²) in [6, 6.07) is 10.2. The maximum absolute atomic E-state index is 11.9. The number of amides is 1. The highest BCUT2D eigenvalue weighted by Gasteiger charge is 2.42. The second-order valence-electron chi connectivity index (χ2n) is 6.24. The molecule has 0 unspecified atom stereocenters. The van der Waals surface area contributed by atoms with E-state index in [2.05, 4.69) is 17.4 Å². The van der Waals surface area contributed by atoms with E-state index in [0.29, 0.717) is 19.6 Å². The minimum absolute atomic E-state index is 0.00109. The van der Waals surface area contributed by atoms with Crippen LogP contribution in [0, 0.1) is 0 Å². The largest absolute Gasteiger partial charge is 0.353 e. The van der Waals surface area contributed by atoms with Crippen LogP contribution in [0.15, 0.2) is 35.2 Å². The Balaban J connectivity index is 1.32. The predicted molar refractivity (Wildman–Crippen MR) is 91.4 cm³/mol. The molecule has 0 radical (unpaired) electrons. The molecule has 1 saturated heterocycles. The second-order valence-corrected chi connectivity index (χ2v) is 7.41. The summed E-state index contributed by atoms with van der Waals surface area (Å²) in [5.41, 5.74) is 0. The van der Waals surface area contributed by atoms with Gasteiger partial charge >= 0.3 is 0 Å². The van der Waals surface area contributed by atoms with Gasteiger partial charge < -0.3 is 14.8 Å². The molecule has 1 saturated carbocycles. The number of thioether (sulfide) groups is 1. The molecule has 1 atom stereocenters. The van der Waals surface area contributed by atoms with E-state index in [4.69, 9.17) is 9.47 Å². The first kappa shape index (κ1) is 16.8. The lowest BCUT2D eigenvalue weighted by molar-refractivity contribution is -0.186. The number of rotatable bonds is 6. The molecule has 0 bridgehead atoms. The fourth-order valence-corrected chi connectivity index (χ4v) is 4.04. The van der Waals surface area contributed by atoms with Crippen LogP contribution < -0.4 is 5.32 Å². The van der Waals surface area contributed by atoms with Gasteiger partial charge in [-0.1, -0.05) is 24.6 Å². The monoisotopic (exact) mass is 335 g/mol. The summed E-state index contributed by atoms with van der Waals surface area (Å²) in [7, 11) is 0. The molecule has 0 aromatic heterocycles. The third kappa shape index (κ3) is 4.96. The minimum Gasteiger partial charge on any atom is -0.353 e. The highest BCUT2D eigenvalue weighted by molar-refractivity contribution is 7.99. The number of benzene rings is 1. The van der Waals surface area contributed by atoms with Gasteiger partial charge in [0.05, 0.1) is 6.61 Å². The van der Waals surface area contributed by atoms with Crippen LogP contribution in [-0.4, -0.2) is 36.7 Å². The van der Waals surface area contributed by atoms with Crippen LogP contribution in [-0.2, 0) is 14.3 Å². The van der Waals surface area contributed by atoms with Crippen LogP contribution in [0.5, 0.6) is 0 Å². The molecule has 1 spiro atoms. The van der Waals surface area contributed by atoms with Gasteiger partial charge in [-0.05, 0) is 25.0 Å². The highest BCUT2D eigenvalue weighted by Crippen LogP contribution is 2.37. The smallest absolute Gasteiger partial charge is 0.220 e. The van der Waals surface area contributed by atoms with Crippen LogP contribution in [0.1, 0.15) is 38.5 Å². The fraction of sp³-hybridized carbons (Fsp3) is 0.611. The van der Waals surface area contributed by atoms with Crippen molar-refractivity contribution in [3.05, 3.63) is 30.3 Å². The van der Waals surface area contributed by atoms with Crippen molar-refractivity contribution in [2.75, 3.05) is 18.9 Å². The van der Waals surface area contributed by atoms with Gasteiger partial charge in [-0.25, -0.2) is 0 Å². The summed E-state index contributed by atoms with van der Waals surface area (Å²) in [6.07, 6.45) is 6.13. The van der Waals surface area contributed by atoms with Crippen LogP contribution in [0.2, 0.25) is 0 Å². The Kier molecular flexibility index (Phi) is 5.97. The van der Waals surface area contributed by atoms with Gasteiger partial charge in [0.1, 0.15) is 6.10 Å². The molecule has 1 aromatic carbocycles. The molecule has 1 amide bonds. The van der Waals surface area contributed by atoms with E-state index in [9.17, 15) is 4.79 Å².